The minimum atomic E-state index is -3.79. The van der Waals surface area contributed by atoms with Crippen LogP contribution in [0, 0.1) is 0 Å². The number of hydrazone groups is 1. The lowest BCUT2D eigenvalue weighted by atomic mass is 10.2. The average Bonchev–Trinajstić information content (AvgIpc) is 2.87. The summed E-state index contributed by atoms with van der Waals surface area (Å²) in [5.74, 6) is -0.0395. The van der Waals surface area contributed by atoms with Gasteiger partial charge in [-0.05, 0) is 54.1 Å². The molecule has 10 nitrogen and oxygen atoms in total. The standard InChI is InChI=1S/C25H25N3O7S/c1-33-22-14-11-20(15-23(22)34-2)28(36(3,31)32)17-24(29)27-26-16-18-9-12-21(13-10-18)35-25(30)19-7-5-4-6-8-19/h4-16H,17H2,1-3H3,(H,27,29)/b26-16-. The van der Waals surface area contributed by atoms with E-state index >= 15 is 0 Å². The van der Waals surface area contributed by atoms with Gasteiger partial charge in [-0.3, -0.25) is 9.10 Å². The van der Waals surface area contributed by atoms with E-state index in [1.807, 2.05) is 0 Å². The van der Waals surface area contributed by atoms with Crippen molar-refractivity contribution < 1.29 is 32.2 Å². The molecule has 0 fully saturated rings. The van der Waals surface area contributed by atoms with Crippen LogP contribution in [-0.4, -0.2) is 53.5 Å². The smallest absolute Gasteiger partial charge is 0.343 e. The maximum absolute atomic E-state index is 12.4. The third-order valence-corrected chi connectivity index (χ3v) is 5.99. The number of ether oxygens (including phenoxy) is 3. The van der Waals surface area contributed by atoms with Crippen LogP contribution in [0.25, 0.3) is 0 Å². The summed E-state index contributed by atoms with van der Waals surface area (Å²) < 4.78 is 41.2. The van der Waals surface area contributed by atoms with Crippen LogP contribution in [0.5, 0.6) is 17.2 Å². The average molecular weight is 512 g/mol. The first-order chi connectivity index (χ1) is 17.2. The fourth-order valence-corrected chi connectivity index (χ4v) is 3.94. The summed E-state index contributed by atoms with van der Waals surface area (Å²) in [6.45, 7) is -0.500. The van der Waals surface area contributed by atoms with Crippen LogP contribution < -0.4 is 23.9 Å². The van der Waals surface area contributed by atoms with Gasteiger partial charge in [0.1, 0.15) is 12.3 Å². The second-order valence-corrected chi connectivity index (χ2v) is 9.33. The third kappa shape index (κ3) is 7.06. The normalized spacial score (nSPS) is 11.1. The summed E-state index contributed by atoms with van der Waals surface area (Å²) in [7, 11) is -0.902. The van der Waals surface area contributed by atoms with Gasteiger partial charge in [-0.15, -0.1) is 0 Å². The molecular weight excluding hydrogens is 486 g/mol. The van der Waals surface area contributed by atoms with E-state index in [4.69, 9.17) is 14.2 Å². The van der Waals surface area contributed by atoms with E-state index in [1.54, 1.807) is 60.7 Å². The van der Waals surface area contributed by atoms with Crippen LogP contribution in [0.4, 0.5) is 5.69 Å². The van der Waals surface area contributed by atoms with E-state index in [-0.39, 0.29) is 5.69 Å². The number of esters is 1. The maximum atomic E-state index is 12.4. The Bertz CT molecular complexity index is 1340. The Kier molecular flexibility index (Phi) is 8.63. The third-order valence-electron chi connectivity index (χ3n) is 4.85. The SMILES string of the molecule is COc1ccc(N(CC(=O)N/N=C\c2ccc(OC(=O)c3ccccc3)cc2)S(C)(=O)=O)cc1OC. The number of carbonyl (C=O) groups is 2. The summed E-state index contributed by atoms with van der Waals surface area (Å²) in [4.78, 5) is 24.5. The molecule has 0 aliphatic rings. The van der Waals surface area contributed by atoms with Crippen LogP contribution in [0.2, 0.25) is 0 Å². The molecule has 0 aliphatic carbocycles. The van der Waals surface area contributed by atoms with Crippen LogP contribution >= 0.6 is 0 Å². The summed E-state index contributed by atoms with van der Waals surface area (Å²) in [5, 5.41) is 3.87. The fourth-order valence-electron chi connectivity index (χ4n) is 3.09. The monoisotopic (exact) mass is 511 g/mol. The van der Waals surface area contributed by atoms with Crippen molar-refractivity contribution in [3.8, 4) is 17.2 Å². The molecule has 0 saturated heterocycles. The number of anilines is 1. The molecule has 0 atom stereocenters. The van der Waals surface area contributed by atoms with Gasteiger partial charge in [0.2, 0.25) is 10.0 Å². The van der Waals surface area contributed by atoms with Crippen molar-refractivity contribution in [2.75, 3.05) is 31.3 Å². The minimum Gasteiger partial charge on any atom is -0.493 e. The molecule has 0 unspecified atom stereocenters. The van der Waals surface area contributed by atoms with Crippen LogP contribution in [0.15, 0.2) is 77.9 Å². The number of benzene rings is 3. The zero-order chi connectivity index (χ0) is 26.1. The molecule has 0 radical (unpaired) electrons. The number of methoxy groups -OCH3 is 2. The number of nitrogens with one attached hydrogen (secondary N) is 1. The zero-order valence-electron chi connectivity index (χ0n) is 19.9. The molecule has 0 heterocycles. The summed E-state index contributed by atoms with van der Waals surface area (Å²) in [6.07, 6.45) is 2.37. The van der Waals surface area contributed by atoms with E-state index in [0.717, 1.165) is 10.6 Å². The number of sulfonamides is 1. The predicted octanol–water partition coefficient (Wildman–Crippen LogP) is 2.84. The van der Waals surface area contributed by atoms with Crippen molar-refractivity contribution in [1.82, 2.24) is 5.43 Å². The van der Waals surface area contributed by atoms with Crippen molar-refractivity contribution in [2.45, 2.75) is 0 Å². The van der Waals surface area contributed by atoms with Gasteiger partial charge in [-0.25, -0.2) is 18.6 Å². The van der Waals surface area contributed by atoms with Gasteiger partial charge in [0.15, 0.2) is 11.5 Å². The number of amides is 1. The molecule has 0 aliphatic heterocycles. The Morgan fingerprint density at radius 1 is 0.944 bits per heavy atom. The van der Waals surface area contributed by atoms with Crippen molar-refractivity contribution >= 4 is 33.8 Å². The van der Waals surface area contributed by atoms with Gasteiger partial charge in [0, 0.05) is 6.07 Å². The van der Waals surface area contributed by atoms with Gasteiger partial charge in [0.05, 0.1) is 37.9 Å². The highest BCUT2D eigenvalue weighted by atomic mass is 32.2. The second-order valence-electron chi connectivity index (χ2n) is 7.43. The van der Waals surface area contributed by atoms with E-state index < -0.39 is 28.4 Å². The Balaban J connectivity index is 1.61. The molecule has 36 heavy (non-hydrogen) atoms. The van der Waals surface area contributed by atoms with Crippen LogP contribution in [-0.2, 0) is 14.8 Å². The van der Waals surface area contributed by atoms with Crippen molar-refractivity contribution in [2.24, 2.45) is 5.10 Å². The highest BCUT2D eigenvalue weighted by Crippen LogP contribution is 2.32. The molecule has 3 aromatic rings. The van der Waals surface area contributed by atoms with Gasteiger partial charge >= 0.3 is 5.97 Å². The quantitative estimate of drug-likeness (QED) is 0.192. The Labute approximate surface area is 209 Å². The summed E-state index contributed by atoms with van der Waals surface area (Å²) in [5.41, 5.74) is 3.59. The highest BCUT2D eigenvalue weighted by Gasteiger charge is 2.22. The summed E-state index contributed by atoms with van der Waals surface area (Å²) in [6, 6.07) is 19.6. The Hall–Kier alpha value is -4.38. The van der Waals surface area contributed by atoms with Gasteiger partial charge in [0.25, 0.3) is 5.91 Å². The zero-order valence-corrected chi connectivity index (χ0v) is 20.7. The lowest BCUT2D eigenvalue weighted by Crippen LogP contribution is -2.39. The van der Waals surface area contributed by atoms with Gasteiger partial charge in [-0.2, -0.15) is 5.10 Å². The van der Waals surface area contributed by atoms with Crippen molar-refractivity contribution in [3.05, 3.63) is 83.9 Å². The molecular formula is C25H25N3O7S. The molecule has 0 aromatic heterocycles. The second kappa shape index (κ2) is 11.8. The van der Waals surface area contributed by atoms with E-state index in [2.05, 4.69) is 10.5 Å². The van der Waals surface area contributed by atoms with E-state index in [0.29, 0.717) is 28.4 Å². The number of hydrogen-bond donors (Lipinski definition) is 1. The first-order valence-electron chi connectivity index (χ1n) is 10.6. The van der Waals surface area contributed by atoms with Crippen LogP contribution in [0.3, 0.4) is 0 Å². The van der Waals surface area contributed by atoms with Gasteiger partial charge in [-0.1, -0.05) is 18.2 Å². The molecule has 1 N–H and O–H groups in total. The largest absolute Gasteiger partial charge is 0.493 e. The molecule has 3 aromatic carbocycles. The Morgan fingerprint density at radius 3 is 2.22 bits per heavy atom. The molecule has 0 bridgehead atoms. The lowest BCUT2D eigenvalue weighted by molar-refractivity contribution is -0.119. The Morgan fingerprint density at radius 2 is 1.61 bits per heavy atom. The van der Waals surface area contributed by atoms with Crippen LogP contribution in [0.1, 0.15) is 15.9 Å². The maximum Gasteiger partial charge on any atom is 0.343 e. The predicted molar refractivity (Wildman–Crippen MR) is 135 cm³/mol. The molecule has 11 heteroatoms. The minimum absolute atomic E-state index is 0.231. The molecule has 1 amide bonds. The van der Waals surface area contributed by atoms with E-state index in [1.165, 1.54) is 32.6 Å². The summed E-state index contributed by atoms with van der Waals surface area (Å²) >= 11 is 0. The topological polar surface area (TPSA) is 124 Å². The van der Waals surface area contributed by atoms with Gasteiger partial charge < -0.3 is 14.2 Å². The molecule has 188 valence electrons. The highest BCUT2D eigenvalue weighted by molar-refractivity contribution is 7.92. The first-order valence-corrected chi connectivity index (χ1v) is 12.4. The fraction of sp³-hybridized carbons (Fsp3) is 0.160. The molecule has 0 spiro atoms. The number of carbonyl (C=O) groups excluding carboxylic acids is 2. The van der Waals surface area contributed by atoms with Crippen molar-refractivity contribution in [3.63, 3.8) is 0 Å². The number of nitrogens with zero attached hydrogens (tertiary/aromatic N) is 2. The number of rotatable bonds is 10. The number of hydrogen-bond acceptors (Lipinski definition) is 8. The van der Waals surface area contributed by atoms with E-state index in [9.17, 15) is 18.0 Å². The lowest BCUT2D eigenvalue weighted by Gasteiger charge is -2.22. The van der Waals surface area contributed by atoms with Crippen molar-refractivity contribution in [1.29, 1.82) is 0 Å². The molecule has 3 rings (SSSR count). The first kappa shape index (κ1) is 26.2. The molecule has 0 saturated carbocycles.